The third-order valence-corrected chi connectivity index (χ3v) is 2.58. The molecule has 94 valence electrons. The summed E-state index contributed by atoms with van der Waals surface area (Å²) in [6.45, 7) is 0. The summed E-state index contributed by atoms with van der Waals surface area (Å²) in [6, 6.07) is 5.57. The highest BCUT2D eigenvalue weighted by atomic mass is 35.5. The van der Waals surface area contributed by atoms with Gasteiger partial charge in [-0.1, -0.05) is 11.6 Å². The van der Waals surface area contributed by atoms with Gasteiger partial charge in [-0.2, -0.15) is 5.10 Å². The quantitative estimate of drug-likeness (QED) is 0.867. The number of benzene rings is 1. The van der Waals surface area contributed by atoms with Crippen molar-refractivity contribution in [2.24, 2.45) is 0 Å². The molecule has 0 unspecified atom stereocenters. The predicted octanol–water partition coefficient (Wildman–Crippen LogP) is 1.96. The second-order valence-corrected chi connectivity index (χ2v) is 3.73. The Bertz CT molecular complexity index is 568. The van der Waals surface area contributed by atoms with Gasteiger partial charge in [0, 0.05) is 0 Å². The van der Waals surface area contributed by atoms with Crippen LogP contribution in [-0.2, 0) is 4.84 Å². The van der Waals surface area contributed by atoms with Crippen molar-refractivity contribution in [2.75, 3.05) is 7.11 Å². The average Bonchev–Trinajstić information content (AvgIpc) is 2.73. The monoisotopic (exact) mass is 269 g/mol. The first kappa shape index (κ1) is 12.5. The second kappa shape index (κ2) is 5.16. The molecular weight excluding hydrogens is 261 g/mol. The van der Waals surface area contributed by atoms with Gasteiger partial charge in [-0.15, -0.1) is 0 Å². The Kier molecular flexibility index (Phi) is 3.59. The molecule has 18 heavy (non-hydrogen) atoms. The Labute approximate surface area is 107 Å². The Morgan fingerprint density at radius 2 is 2.11 bits per heavy atom. The van der Waals surface area contributed by atoms with Gasteiger partial charge >= 0.3 is 0 Å². The standard InChI is InChI=1S/C11H9ClFN3O2/c1-18-15-11(17)9-6-14-16(10(9)12)8-4-2-7(13)3-5-8/h2-6H,1H3,(H,15,17). The lowest BCUT2D eigenvalue weighted by atomic mass is 10.3. The van der Waals surface area contributed by atoms with E-state index in [0.717, 1.165) is 0 Å². The third kappa shape index (κ3) is 2.34. The van der Waals surface area contributed by atoms with E-state index in [4.69, 9.17) is 11.6 Å². The van der Waals surface area contributed by atoms with Gasteiger partial charge in [0.25, 0.3) is 5.91 Å². The summed E-state index contributed by atoms with van der Waals surface area (Å²) in [5.74, 6) is -0.866. The number of carbonyl (C=O) groups excluding carboxylic acids is 1. The number of carbonyl (C=O) groups is 1. The SMILES string of the molecule is CONC(=O)c1cnn(-c2ccc(F)cc2)c1Cl. The van der Waals surface area contributed by atoms with Crippen LogP contribution in [0.2, 0.25) is 5.15 Å². The van der Waals surface area contributed by atoms with Crippen LogP contribution in [0.5, 0.6) is 0 Å². The molecule has 2 aromatic rings. The molecule has 2 rings (SSSR count). The Hall–Kier alpha value is -1.92. The first-order chi connectivity index (χ1) is 8.63. The lowest BCUT2D eigenvalue weighted by Crippen LogP contribution is -2.21. The van der Waals surface area contributed by atoms with Gasteiger partial charge in [0.2, 0.25) is 0 Å². The van der Waals surface area contributed by atoms with E-state index in [0.29, 0.717) is 5.69 Å². The average molecular weight is 270 g/mol. The van der Waals surface area contributed by atoms with Crippen molar-refractivity contribution in [2.45, 2.75) is 0 Å². The van der Waals surface area contributed by atoms with Gasteiger partial charge < -0.3 is 0 Å². The predicted molar refractivity (Wildman–Crippen MR) is 63.0 cm³/mol. The Balaban J connectivity index is 2.36. The number of nitrogens with zero attached hydrogens (tertiary/aromatic N) is 2. The summed E-state index contributed by atoms with van der Waals surface area (Å²) in [5, 5.41) is 4.09. The van der Waals surface area contributed by atoms with E-state index in [1.807, 2.05) is 0 Å². The number of rotatable bonds is 3. The van der Waals surface area contributed by atoms with Crippen molar-refractivity contribution in [3.63, 3.8) is 0 Å². The summed E-state index contributed by atoms with van der Waals surface area (Å²) >= 11 is 6.02. The summed E-state index contributed by atoms with van der Waals surface area (Å²) in [6.07, 6.45) is 1.31. The summed E-state index contributed by atoms with van der Waals surface area (Å²) in [5.41, 5.74) is 2.86. The summed E-state index contributed by atoms with van der Waals surface area (Å²) in [4.78, 5) is 16.0. The van der Waals surface area contributed by atoms with E-state index in [1.54, 1.807) is 0 Å². The highest BCUT2D eigenvalue weighted by Gasteiger charge is 2.16. The molecule has 0 bridgehead atoms. The lowest BCUT2D eigenvalue weighted by molar-refractivity contribution is 0.0538. The molecule has 0 spiro atoms. The molecule has 0 atom stereocenters. The zero-order valence-corrected chi connectivity index (χ0v) is 10.1. The minimum atomic E-state index is -0.504. The molecule has 5 nitrogen and oxygen atoms in total. The molecule has 0 aliphatic carbocycles. The number of nitrogens with one attached hydrogen (secondary N) is 1. The van der Waals surface area contributed by atoms with E-state index in [9.17, 15) is 9.18 Å². The van der Waals surface area contributed by atoms with Gasteiger partial charge in [0.1, 0.15) is 11.0 Å². The van der Waals surface area contributed by atoms with Gasteiger partial charge in [-0.25, -0.2) is 14.6 Å². The Morgan fingerprint density at radius 1 is 1.44 bits per heavy atom. The van der Waals surface area contributed by atoms with Crippen LogP contribution in [0.25, 0.3) is 5.69 Å². The van der Waals surface area contributed by atoms with Gasteiger partial charge in [0.05, 0.1) is 24.6 Å². The Morgan fingerprint density at radius 3 is 2.72 bits per heavy atom. The molecule has 0 aliphatic rings. The molecule has 0 saturated carbocycles. The van der Waals surface area contributed by atoms with Crippen LogP contribution in [0.1, 0.15) is 10.4 Å². The van der Waals surface area contributed by atoms with E-state index in [-0.39, 0.29) is 16.5 Å². The van der Waals surface area contributed by atoms with Crippen LogP contribution in [0, 0.1) is 5.82 Å². The number of halogens is 2. The maximum absolute atomic E-state index is 12.8. The van der Waals surface area contributed by atoms with Crippen LogP contribution >= 0.6 is 11.6 Å². The van der Waals surface area contributed by atoms with Gasteiger partial charge in [-0.05, 0) is 24.3 Å². The summed E-state index contributed by atoms with van der Waals surface area (Å²) in [7, 11) is 1.32. The van der Waals surface area contributed by atoms with Crippen molar-refractivity contribution in [3.8, 4) is 5.69 Å². The molecule has 7 heteroatoms. The fraction of sp³-hybridized carbons (Fsp3) is 0.0909. The molecule has 1 amide bonds. The zero-order chi connectivity index (χ0) is 13.1. The van der Waals surface area contributed by atoms with Crippen LogP contribution in [0.15, 0.2) is 30.5 Å². The van der Waals surface area contributed by atoms with Gasteiger partial charge in [-0.3, -0.25) is 9.63 Å². The normalized spacial score (nSPS) is 10.4. The first-order valence-corrected chi connectivity index (χ1v) is 5.34. The molecule has 0 aliphatic heterocycles. The first-order valence-electron chi connectivity index (χ1n) is 4.96. The fourth-order valence-electron chi connectivity index (χ4n) is 1.40. The molecule has 1 aromatic carbocycles. The smallest absolute Gasteiger partial charge is 0.277 e. The van der Waals surface area contributed by atoms with Crippen LogP contribution < -0.4 is 5.48 Å². The maximum Gasteiger partial charge on any atom is 0.279 e. The topological polar surface area (TPSA) is 56.1 Å². The second-order valence-electron chi connectivity index (χ2n) is 3.37. The lowest BCUT2D eigenvalue weighted by Gasteiger charge is -2.03. The van der Waals surface area contributed by atoms with Crippen LogP contribution in [0.3, 0.4) is 0 Å². The van der Waals surface area contributed by atoms with E-state index in [2.05, 4.69) is 15.4 Å². The number of amides is 1. The van der Waals surface area contributed by atoms with Crippen molar-refractivity contribution >= 4 is 17.5 Å². The molecular formula is C11H9ClFN3O2. The number of hydrogen-bond acceptors (Lipinski definition) is 3. The number of hydrogen-bond donors (Lipinski definition) is 1. The summed E-state index contributed by atoms with van der Waals surface area (Å²) < 4.78 is 14.1. The van der Waals surface area contributed by atoms with Crippen molar-refractivity contribution in [1.82, 2.24) is 15.3 Å². The fourth-order valence-corrected chi connectivity index (χ4v) is 1.67. The third-order valence-electron chi connectivity index (χ3n) is 2.22. The van der Waals surface area contributed by atoms with Crippen LogP contribution in [-0.4, -0.2) is 22.8 Å². The van der Waals surface area contributed by atoms with Crippen molar-refractivity contribution in [1.29, 1.82) is 0 Å². The number of hydroxylamine groups is 1. The minimum Gasteiger partial charge on any atom is -0.277 e. The van der Waals surface area contributed by atoms with Crippen LogP contribution in [0.4, 0.5) is 4.39 Å². The molecule has 0 radical (unpaired) electrons. The minimum absolute atomic E-state index is 0.121. The maximum atomic E-state index is 12.8. The van der Waals surface area contributed by atoms with E-state index >= 15 is 0 Å². The van der Waals surface area contributed by atoms with E-state index in [1.165, 1.54) is 42.3 Å². The molecule has 1 aromatic heterocycles. The van der Waals surface area contributed by atoms with E-state index < -0.39 is 5.91 Å². The zero-order valence-electron chi connectivity index (χ0n) is 9.35. The molecule has 1 heterocycles. The molecule has 1 N–H and O–H groups in total. The van der Waals surface area contributed by atoms with Crippen molar-refractivity contribution in [3.05, 3.63) is 47.0 Å². The largest absolute Gasteiger partial charge is 0.279 e. The van der Waals surface area contributed by atoms with Crippen molar-refractivity contribution < 1.29 is 14.0 Å². The highest BCUT2D eigenvalue weighted by Crippen LogP contribution is 2.20. The molecule has 0 saturated heterocycles. The highest BCUT2D eigenvalue weighted by molar-refractivity contribution is 6.33. The number of aromatic nitrogens is 2. The van der Waals surface area contributed by atoms with Gasteiger partial charge in [0.15, 0.2) is 0 Å². The molecule has 0 fully saturated rings.